The highest BCUT2D eigenvalue weighted by Crippen LogP contribution is 2.34. The molecule has 0 aliphatic heterocycles. The Kier molecular flexibility index (Phi) is 6.30. The van der Waals surface area contributed by atoms with E-state index in [9.17, 15) is 9.90 Å². The Bertz CT molecular complexity index is 733. The summed E-state index contributed by atoms with van der Waals surface area (Å²) in [4.78, 5) is 11.0. The molecule has 0 aliphatic rings. The van der Waals surface area contributed by atoms with Gasteiger partial charge in [0.25, 0.3) is 0 Å². The third-order valence-corrected chi connectivity index (χ3v) is 4.70. The Morgan fingerprint density at radius 1 is 1.29 bits per heavy atom. The predicted octanol–water partition coefficient (Wildman–Crippen LogP) is 5.49. The summed E-state index contributed by atoms with van der Waals surface area (Å²) in [5, 5.41) is 10.5. The van der Waals surface area contributed by atoms with E-state index in [0.29, 0.717) is 22.9 Å². The number of carbonyl (C=O) groups excluding carboxylic acids is 1. The van der Waals surface area contributed by atoms with Gasteiger partial charge in [0.1, 0.15) is 18.1 Å². The summed E-state index contributed by atoms with van der Waals surface area (Å²) in [6.07, 6.45) is 0.631. The Morgan fingerprint density at radius 2 is 2.00 bits per heavy atom. The molecule has 0 aromatic heterocycles. The Labute approximate surface area is 155 Å². The summed E-state index contributed by atoms with van der Waals surface area (Å²) in [6, 6.07) is 9.15. The summed E-state index contributed by atoms with van der Waals surface area (Å²) in [6.45, 7) is 5.59. The van der Waals surface area contributed by atoms with E-state index in [1.54, 1.807) is 12.1 Å². The van der Waals surface area contributed by atoms with Gasteiger partial charge in [0.05, 0.1) is 0 Å². The SMILES string of the molecule is CC(=O)COc1cc(Cl)c(Cc2ccc(O)c(C(C)C)c2)c(Br)c1. The van der Waals surface area contributed by atoms with Gasteiger partial charge >= 0.3 is 0 Å². The van der Waals surface area contributed by atoms with Crippen molar-refractivity contribution >= 4 is 33.3 Å². The van der Waals surface area contributed by atoms with Gasteiger partial charge in [0.15, 0.2) is 5.78 Å². The first-order valence-electron chi connectivity index (χ1n) is 7.70. The number of Topliss-reactive ketones (excluding diaryl/α,β-unsaturated/α-hetero) is 1. The van der Waals surface area contributed by atoms with Gasteiger partial charge in [-0.25, -0.2) is 0 Å². The topological polar surface area (TPSA) is 46.5 Å². The van der Waals surface area contributed by atoms with Crippen molar-refractivity contribution in [2.45, 2.75) is 33.1 Å². The Morgan fingerprint density at radius 3 is 2.58 bits per heavy atom. The fraction of sp³-hybridized carbons (Fsp3) is 0.316. The molecule has 24 heavy (non-hydrogen) atoms. The molecule has 0 atom stereocenters. The van der Waals surface area contributed by atoms with Crippen molar-refractivity contribution in [1.29, 1.82) is 0 Å². The lowest BCUT2D eigenvalue weighted by Gasteiger charge is -2.13. The largest absolute Gasteiger partial charge is 0.508 e. The number of phenols is 1. The molecule has 2 aromatic rings. The van der Waals surface area contributed by atoms with Crippen LogP contribution in [0.25, 0.3) is 0 Å². The number of ether oxygens (including phenoxy) is 1. The molecule has 0 aliphatic carbocycles. The summed E-state index contributed by atoms with van der Waals surface area (Å²) in [5.41, 5.74) is 2.92. The fourth-order valence-electron chi connectivity index (χ4n) is 2.40. The van der Waals surface area contributed by atoms with E-state index in [2.05, 4.69) is 15.9 Å². The molecule has 128 valence electrons. The van der Waals surface area contributed by atoms with Crippen LogP contribution in [0, 0.1) is 0 Å². The number of halogens is 2. The number of aromatic hydroxyl groups is 1. The molecular formula is C19H20BrClO3. The number of hydrogen-bond acceptors (Lipinski definition) is 3. The molecule has 3 nitrogen and oxygen atoms in total. The van der Waals surface area contributed by atoms with Crippen molar-refractivity contribution in [1.82, 2.24) is 0 Å². The van der Waals surface area contributed by atoms with Crippen molar-refractivity contribution in [3.05, 3.63) is 56.5 Å². The van der Waals surface area contributed by atoms with Crippen LogP contribution in [0.5, 0.6) is 11.5 Å². The maximum Gasteiger partial charge on any atom is 0.167 e. The standard InChI is InChI=1S/C19H20BrClO3/c1-11(2)15-6-13(4-5-19(15)23)7-16-17(20)8-14(9-18(16)21)24-10-12(3)22/h4-6,8-9,11,23H,7,10H2,1-3H3. The van der Waals surface area contributed by atoms with E-state index in [1.165, 1.54) is 6.92 Å². The highest BCUT2D eigenvalue weighted by Gasteiger charge is 2.12. The molecule has 5 heteroatoms. The zero-order valence-corrected chi connectivity index (χ0v) is 16.2. The van der Waals surface area contributed by atoms with E-state index in [1.807, 2.05) is 32.0 Å². The molecule has 0 saturated heterocycles. The van der Waals surface area contributed by atoms with Crippen LogP contribution in [0.1, 0.15) is 43.4 Å². The maximum absolute atomic E-state index is 11.0. The number of benzene rings is 2. The highest BCUT2D eigenvalue weighted by molar-refractivity contribution is 9.10. The second kappa shape index (κ2) is 8.04. The number of hydrogen-bond donors (Lipinski definition) is 1. The summed E-state index contributed by atoms with van der Waals surface area (Å²) < 4.78 is 6.23. The average Bonchev–Trinajstić information content (AvgIpc) is 2.50. The van der Waals surface area contributed by atoms with Gasteiger partial charge in [-0.15, -0.1) is 0 Å². The maximum atomic E-state index is 11.0. The van der Waals surface area contributed by atoms with Crippen LogP contribution < -0.4 is 4.74 Å². The smallest absolute Gasteiger partial charge is 0.167 e. The molecule has 0 bridgehead atoms. The van der Waals surface area contributed by atoms with Crippen LogP contribution in [0.15, 0.2) is 34.8 Å². The summed E-state index contributed by atoms with van der Waals surface area (Å²) in [7, 11) is 0. The third-order valence-electron chi connectivity index (χ3n) is 3.65. The number of rotatable bonds is 6. The minimum absolute atomic E-state index is 0.0256. The van der Waals surface area contributed by atoms with Crippen molar-refractivity contribution in [2.24, 2.45) is 0 Å². The van der Waals surface area contributed by atoms with Gasteiger partial charge in [-0.05, 0) is 47.7 Å². The molecule has 1 N–H and O–H groups in total. The molecule has 0 radical (unpaired) electrons. The highest BCUT2D eigenvalue weighted by atomic mass is 79.9. The predicted molar refractivity (Wildman–Crippen MR) is 100 cm³/mol. The minimum atomic E-state index is -0.0448. The van der Waals surface area contributed by atoms with Crippen LogP contribution in [-0.2, 0) is 11.2 Å². The van der Waals surface area contributed by atoms with Crippen LogP contribution in [0.4, 0.5) is 0 Å². The van der Waals surface area contributed by atoms with Gasteiger partial charge < -0.3 is 9.84 Å². The lowest BCUT2D eigenvalue weighted by atomic mass is 9.96. The molecule has 0 heterocycles. The molecule has 0 amide bonds. The molecule has 2 aromatic carbocycles. The molecular weight excluding hydrogens is 392 g/mol. The molecule has 0 saturated carbocycles. The van der Waals surface area contributed by atoms with Gasteiger partial charge in [-0.1, -0.05) is 53.5 Å². The van der Waals surface area contributed by atoms with Crippen LogP contribution >= 0.6 is 27.5 Å². The van der Waals surface area contributed by atoms with Crippen LogP contribution in [-0.4, -0.2) is 17.5 Å². The normalized spacial score (nSPS) is 10.9. The fourth-order valence-corrected chi connectivity index (χ4v) is 3.37. The van der Waals surface area contributed by atoms with Gasteiger partial charge in [0.2, 0.25) is 0 Å². The van der Waals surface area contributed by atoms with Gasteiger partial charge in [-0.3, -0.25) is 4.79 Å². The van der Waals surface area contributed by atoms with E-state index in [-0.39, 0.29) is 18.3 Å². The zero-order valence-electron chi connectivity index (χ0n) is 13.9. The average molecular weight is 412 g/mol. The quantitative estimate of drug-likeness (QED) is 0.683. The zero-order chi connectivity index (χ0) is 17.9. The van der Waals surface area contributed by atoms with Crippen LogP contribution in [0.2, 0.25) is 5.02 Å². The monoisotopic (exact) mass is 410 g/mol. The van der Waals surface area contributed by atoms with Gasteiger partial charge in [-0.2, -0.15) is 0 Å². The lowest BCUT2D eigenvalue weighted by Crippen LogP contribution is -2.06. The number of phenolic OH excluding ortho intramolecular Hbond substituents is 1. The first kappa shape index (κ1) is 18.8. The van der Waals surface area contributed by atoms with Crippen molar-refractivity contribution in [2.75, 3.05) is 6.61 Å². The number of carbonyl (C=O) groups is 1. The minimum Gasteiger partial charge on any atom is -0.508 e. The van der Waals surface area contributed by atoms with E-state index < -0.39 is 0 Å². The van der Waals surface area contributed by atoms with Crippen molar-refractivity contribution in [3.63, 3.8) is 0 Å². The van der Waals surface area contributed by atoms with Crippen LogP contribution in [0.3, 0.4) is 0 Å². The molecule has 0 fully saturated rings. The Balaban J connectivity index is 2.27. The second-order valence-corrected chi connectivity index (χ2v) is 7.34. The first-order chi connectivity index (χ1) is 11.3. The number of ketones is 1. The van der Waals surface area contributed by atoms with Gasteiger partial charge in [0, 0.05) is 15.9 Å². The first-order valence-corrected chi connectivity index (χ1v) is 8.87. The van der Waals surface area contributed by atoms with Crippen molar-refractivity contribution in [3.8, 4) is 11.5 Å². The Hall–Kier alpha value is -1.52. The van der Waals surface area contributed by atoms with E-state index in [0.717, 1.165) is 21.2 Å². The molecule has 2 rings (SSSR count). The lowest BCUT2D eigenvalue weighted by molar-refractivity contribution is -0.118. The molecule has 0 spiro atoms. The van der Waals surface area contributed by atoms with E-state index in [4.69, 9.17) is 16.3 Å². The van der Waals surface area contributed by atoms with Crippen molar-refractivity contribution < 1.29 is 14.6 Å². The second-order valence-electron chi connectivity index (χ2n) is 6.08. The summed E-state index contributed by atoms with van der Waals surface area (Å²) in [5.74, 6) is 1.06. The third kappa shape index (κ3) is 4.74. The van der Waals surface area contributed by atoms with E-state index >= 15 is 0 Å². The molecule has 0 unspecified atom stereocenters. The summed E-state index contributed by atoms with van der Waals surface area (Å²) >= 11 is 9.91.